The molecule has 21 heavy (non-hydrogen) atoms. The van der Waals surface area contributed by atoms with Crippen LogP contribution >= 0.6 is 11.6 Å². The minimum atomic E-state index is -0.626. The summed E-state index contributed by atoms with van der Waals surface area (Å²) in [4.78, 5) is 11.1. The Morgan fingerprint density at radius 1 is 1.10 bits per heavy atom. The summed E-state index contributed by atoms with van der Waals surface area (Å²) >= 11 is 5.64. The fourth-order valence-corrected chi connectivity index (χ4v) is 2.79. The highest BCUT2D eigenvalue weighted by molar-refractivity contribution is 6.41. The number of halogens is 1. The Balaban J connectivity index is 1.91. The van der Waals surface area contributed by atoms with Crippen molar-refractivity contribution in [1.82, 2.24) is 0 Å². The molecule has 0 aromatic rings. The van der Waals surface area contributed by atoms with E-state index in [1.54, 1.807) is 0 Å². The molecule has 0 spiro atoms. The lowest BCUT2D eigenvalue weighted by Crippen LogP contribution is -2.25. The number of hydrogen-bond donors (Lipinski definition) is 1. The summed E-state index contributed by atoms with van der Waals surface area (Å²) in [6.07, 6.45) is 13.7. The predicted octanol–water partition coefficient (Wildman–Crippen LogP) is 4.71. The average molecular weight is 317 g/mol. The zero-order chi connectivity index (χ0) is 15.5. The van der Waals surface area contributed by atoms with Crippen molar-refractivity contribution in [2.24, 2.45) is 0 Å². The number of carbonyl (C=O) groups excluding carboxylic acids is 1. The molecule has 1 heterocycles. The smallest absolute Gasteiger partial charge is 0.350 e. The molecule has 0 unspecified atom stereocenters. The molecule has 1 aliphatic rings. The number of aliphatic hydroxyl groups is 1. The Labute approximate surface area is 133 Å². The van der Waals surface area contributed by atoms with Gasteiger partial charge in [-0.05, 0) is 12.5 Å². The van der Waals surface area contributed by atoms with Crippen LogP contribution in [0.1, 0.15) is 77.6 Å². The third-order valence-corrected chi connectivity index (χ3v) is 4.26. The highest BCUT2D eigenvalue weighted by atomic mass is 35.5. The molecular weight excluding hydrogens is 288 g/mol. The first-order chi connectivity index (χ1) is 10.1. The summed E-state index contributed by atoms with van der Waals surface area (Å²) in [6.45, 7) is 2.24. The van der Waals surface area contributed by atoms with E-state index >= 15 is 0 Å². The third kappa shape index (κ3) is 7.87. The van der Waals surface area contributed by atoms with E-state index in [9.17, 15) is 9.90 Å². The van der Waals surface area contributed by atoms with Crippen LogP contribution in [0.25, 0.3) is 0 Å². The highest BCUT2D eigenvalue weighted by Gasteiger charge is 2.29. The first-order valence-electron chi connectivity index (χ1n) is 8.41. The van der Waals surface area contributed by atoms with E-state index in [1.807, 2.05) is 0 Å². The van der Waals surface area contributed by atoms with Crippen LogP contribution in [-0.2, 0) is 9.53 Å². The summed E-state index contributed by atoms with van der Waals surface area (Å²) in [5.74, 6) is -0.524. The Kier molecular flexibility index (Phi) is 9.77. The second kappa shape index (κ2) is 11.1. The Morgan fingerprint density at radius 2 is 1.62 bits per heavy atom. The van der Waals surface area contributed by atoms with E-state index in [0.29, 0.717) is 6.42 Å². The van der Waals surface area contributed by atoms with Crippen molar-refractivity contribution in [2.45, 2.75) is 89.8 Å². The fourth-order valence-electron chi connectivity index (χ4n) is 2.62. The number of rotatable bonds is 12. The molecule has 1 N–H and O–H groups in total. The molecule has 4 heteroatoms. The van der Waals surface area contributed by atoms with Crippen molar-refractivity contribution in [2.75, 3.05) is 0 Å². The molecule has 0 aliphatic carbocycles. The Bertz CT molecular complexity index is 328. The van der Waals surface area contributed by atoms with Gasteiger partial charge in [0.2, 0.25) is 0 Å². The van der Waals surface area contributed by atoms with Crippen LogP contribution in [0.5, 0.6) is 0 Å². The summed E-state index contributed by atoms with van der Waals surface area (Å²) in [5.41, 5.74) is 0. The number of ether oxygens (including phenoxy) is 1. The zero-order valence-electron chi connectivity index (χ0n) is 13.2. The normalized spacial score (nSPS) is 19.5. The number of hydrogen-bond acceptors (Lipinski definition) is 3. The van der Waals surface area contributed by atoms with Gasteiger partial charge < -0.3 is 9.84 Å². The van der Waals surface area contributed by atoms with Gasteiger partial charge in [0.1, 0.15) is 11.1 Å². The second-order valence-corrected chi connectivity index (χ2v) is 6.33. The molecule has 0 fully saturated rings. The monoisotopic (exact) mass is 316 g/mol. The zero-order valence-corrected chi connectivity index (χ0v) is 13.9. The quantitative estimate of drug-likeness (QED) is 0.419. The minimum absolute atomic E-state index is 0.0853. The van der Waals surface area contributed by atoms with Gasteiger partial charge in [-0.3, -0.25) is 0 Å². The molecule has 1 aliphatic heterocycles. The summed E-state index contributed by atoms with van der Waals surface area (Å²) in [7, 11) is 0. The summed E-state index contributed by atoms with van der Waals surface area (Å²) in [5, 5.41) is 10.0. The first-order valence-corrected chi connectivity index (χ1v) is 8.79. The lowest BCUT2D eigenvalue weighted by Gasteiger charge is -2.15. The summed E-state index contributed by atoms with van der Waals surface area (Å²) < 4.78 is 4.96. The molecular formula is C17H29ClO3. The van der Waals surface area contributed by atoms with Gasteiger partial charge in [-0.2, -0.15) is 0 Å². The van der Waals surface area contributed by atoms with E-state index in [2.05, 4.69) is 6.92 Å². The molecule has 0 radical (unpaired) electrons. The van der Waals surface area contributed by atoms with Gasteiger partial charge in [-0.15, -0.1) is 0 Å². The van der Waals surface area contributed by atoms with Gasteiger partial charge in [0.15, 0.2) is 0 Å². The number of cyclic esters (lactones) is 1. The molecule has 3 nitrogen and oxygen atoms in total. The number of carbonyl (C=O) groups is 1. The van der Waals surface area contributed by atoms with Crippen LogP contribution in [0.3, 0.4) is 0 Å². The maximum absolute atomic E-state index is 11.1. The highest BCUT2D eigenvalue weighted by Crippen LogP contribution is 2.22. The Hall–Kier alpha value is -0.540. The molecule has 0 aromatic carbocycles. The van der Waals surface area contributed by atoms with Gasteiger partial charge in [0, 0.05) is 0 Å². The standard InChI is InChI=1S/C17H29ClO3/c1-2-3-4-5-6-7-8-9-10-11-12-15(19)16-13-14(18)17(20)21-16/h13,15-16,19H,2-12H2,1H3/t15-,16-/m1/s1. The molecule has 0 saturated heterocycles. The van der Waals surface area contributed by atoms with Crippen molar-refractivity contribution in [3.05, 3.63) is 11.1 Å². The first kappa shape index (κ1) is 18.5. The van der Waals surface area contributed by atoms with Crippen molar-refractivity contribution in [1.29, 1.82) is 0 Å². The van der Waals surface area contributed by atoms with E-state index in [4.69, 9.17) is 16.3 Å². The van der Waals surface area contributed by atoms with Crippen molar-refractivity contribution in [3.63, 3.8) is 0 Å². The van der Waals surface area contributed by atoms with Crippen LogP contribution < -0.4 is 0 Å². The lowest BCUT2D eigenvalue weighted by atomic mass is 10.0. The minimum Gasteiger partial charge on any atom is -0.451 e. The lowest BCUT2D eigenvalue weighted by molar-refractivity contribution is -0.143. The van der Waals surface area contributed by atoms with Gasteiger partial charge in [-0.25, -0.2) is 4.79 Å². The molecule has 1 rings (SSSR count). The average Bonchev–Trinajstić information content (AvgIpc) is 2.80. The SMILES string of the molecule is CCCCCCCCCCCC[C@@H](O)[C@H]1C=C(Cl)C(=O)O1. The third-order valence-electron chi connectivity index (χ3n) is 3.98. The van der Waals surface area contributed by atoms with Gasteiger partial charge in [-0.1, -0.05) is 82.7 Å². The summed E-state index contributed by atoms with van der Waals surface area (Å²) in [6, 6.07) is 0. The van der Waals surface area contributed by atoms with Gasteiger partial charge >= 0.3 is 5.97 Å². The van der Waals surface area contributed by atoms with E-state index in [-0.39, 0.29) is 5.03 Å². The van der Waals surface area contributed by atoms with E-state index in [1.165, 1.54) is 57.4 Å². The van der Waals surface area contributed by atoms with Crippen LogP contribution in [0.15, 0.2) is 11.1 Å². The maximum atomic E-state index is 11.1. The number of unbranched alkanes of at least 4 members (excludes halogenated alkanes) is 9. The van der Waals surface area contributed by atoms with Crippen molar-refractivity contribution in [3.8, 4) is 0 Å². The molecule has 0 amide bonds. The predicted molar refractivity (Wildman–Crippen MR) is 86.3 cm³/mol. The van der Waals surface area contributed by atoms with E-state index in [0.717, 1.165) is 12.8 Å². The van der Waals surface area contributed by atoms with E-state index < -0.39 is 18.2 Å². The fraction of sp³-hybridized carbons (Fsp3) is 0.824. The molecule has 0 aromatic heterocycles. The van der Waals surface area contributed by atoms with Crippen molar-refractivity contribution >= 4 is 17.6 Å². The topological polar surface area (TPSA) is 46.5 Å². The Morgan fingerprint density at radius 3 is 2.10 bits per heavy atom. The van der Waals surface area contributed by atoms with Gasteiger partial charge in [0.25, 0.3) is 0 Å². The largest absolute Gasteiger partial charge is 0.451 e. The second-order valence-electron chi connectivity index (χ2n) is 5.92. The van der Waals surface area contributed by atoms with Crippen LogP contribution in [0, 0.1) is 0 Å². The van der Waals surface area contributed by atoms with Gasteiger partial charge in [0.05, 0.1) is 6.10 Å². The molecule has 0 saturated carbocycles. The molecule has 122 valence electrons. The van der Waals surface area contributed by atoms with Crippen molar-refractivity contribution < 1.29 is 14.6 Å². The van der Waals surface area contributed by atoms with Crippen LogP contribution in [-0.4, -0.2) is 23.3 Å². The molecule has 0 bridgehead atoms. The number of esters is 1. The van der Waals surface area contributed by atoms with Crippen LogP contribution in [0.2, 0.25) is 0 Å². The maximum Gasteiger partial charge on any atom is 0.350 e. The number of aliphatic hydroxyl groups excluding tert-OH is 1. The molecule has 2 atom stereocenters. The van der Waals surface area contributed by atoms with Crippen LogP contribution in [0.4, 0.5) is 0 Å².